The van der Waals surface area contributed by atoms with Crippen LogP contribution in [0.1, 0.15) is 26.5 Å². The van der Waals surface area contributed by atoms with Crippen molar-refractivity contribution < 1.29 is 4.74 Å². The van der Waals surface area contributed by atoms with Gasteiger partial charge in [-0.2, -0.15) is 0 Å². The van der Waals surface area contributed by atoms with E-state index in [1.54, 1.807) is 7.11 Å². The average Bonchev–Trinajstić information content (AvgIpc) is 2.77. The molecule has 18 heavy (non-hydrogen) atoms. The first-order valence-electron chi connectivity index (χ1n) is 5.90. The summed E-state index contributed by atoms with van der Waals surface area (Å²) in [6.45, 7) is 6.42. The van der Waals surface area contributed by atoms with Gasteiger partial charge in [0.25, 0.3) is 0 Å². The molecule has 1 aromatic carbocycles. The molecule has 0 fully saturated rings. The highest BCUT2D eigenvalue weighted by Gasteiger charge is 2.17. The van der Waals surface area contributed by atoms with Crippen molar-refractivity contribution in [2.75, 3.05) is 12.8 Å². The van der Waals surface area contributed by atoms with Crippen molar-refractivity contribution >= 4 is 5.69 Å². The summed E-state index contributed by atoms with van der Waals surface area (Å²) in [7, 11) is 1.61. The van der Waals surface area contributed by atoms with Crippen LogP contribution >= 0.6 is 0 Å². The number of imidazole rings is 1. The van der Waals surface area contributed by atoms with E-state index in [2.05, 4.69) is 25.8 Å². The topological polar surface area (TPSA) is 53.1 Å². The lowest BCUT2D eigenvalue weighted by Crippen LogP contribution is -2.11. The Hall–Kier alpha value is -1.97. The highest BCUT2D eigenvalue weighted by molar-refractivity contribution is 5.58. The van der Waals surface area contributed by atoms with E-state index < -0.39 is 0 Å². The molecule has 0 aliphatic carbocycles. The first-order chi connectivity index (χ1) is 8.41. The van der Waals surface area contributed by atoms with Crippen LogP contribution in [0.25, 0.3) is 5.69 Å². The van der Waals surface area contributed by atoms with E-state index in [-0.39, 0.29) is 5.41 Å². The maximum atomic E-state index is 5.90. The Balaban J connectivity index is 2.38. The van der Waals surface area contributed by atoms with E-state index in [0.717, 1.165) is 11.4 Å². The van der Waals surface area contributed by atoms with Crippen molar-refractivity contribution in [1.29, 1.82) is 0 Å². The van der Waals surface area contributed by atoms with Crippen molar-refractivity contribution in [1.82, 2.24) is 9.55 Å². The van der Waals surface area contributed by atoms with Gasteiger partial charge >= 0.3 is 0 Å². The summed E-state index contributed by atoms with van der Waals surface area (Å²) < 4.78 is 7.11. The quantitative estimate of drug-likeness (QED) is 0.828. The van der Waals surface area contributed by atoms with E-state index in [1.165, 1.54) is 0 Å². The minimum atomic E-state index is 0.0449. The standard InChI is InChI=1S/C14H19N3O/c1-14(2,3)13-8-17(9-16-13)10-5-6-12(18-4)11(15)7-10/h5-9H,15H2,1-4H3. The van der Waals surface area contributed by atoms with E-state index in [0.29, 0.717) is 11.4 Å². The molecule has 4 heteroatoms. The van der Waals surface area contributed by atoms with Crippen LogP contribution in [0.4, 0.5) is 5.69 Å². The predicted molar refractivity (Wildman–Crippen MR) is 73.2 cm³/mol. The van der Waals surface area contributed by atoms with Gasteiger partial charge in [-0.15, -0.1) is 0 Å². The number of methoxy groups -OCH3 is 1. The largest absolute Gasteiger partial charge is 0.495 e. The number of rotatable bonds is 2. The van der Waals surface area contributed by atoms with E-state index in [9.17, 15) is 0 Å². The van der Waals surface area contributed by atoms with Crippen LogP contribution in [0.5, 0.6) is 5.75 Å². The molecule has 96 valence electrons. The van der Waals surface area contributed by atoms with Crippen molar-refractivity contribution in [3.05, 3.63) is 36.4 Å². The molecule has 2 aromatic rings. The summed E-state index contributed by atoms with van der Waals surface area (Å²) in [5.74, 6) is 0.690. The molecular formula is C14H19N3O. The Morgan fingerprint density at radius 3 is 2.50 bits per heavy atom. The summed E-state index contributed by atoms with van der Waals surface area (Å²) >= 11 is 0. The molecule has 0 aliphatic rings. The van der Waals surface area contributed by atoms with Gasteiger partial charge < -0.3 is 15.0 Å². The van der Waals surface area contributed by atoms with Crippen LogP contribution in [0.2, 0.25) is 0 Å². The molecule has 2 N–H and O–H groups in total. The number of nitrogen functional groups attached to an aromatic ring is 1. The van der Waals surface area contributed by atoms with Crippen LogP contribution in [-0.2, 0) is 5.41 Å². The van der Waals surface area contributed by atoms with Crippen molar-refractivity contribution in [2.45, 2.75) is 26.2 Å². The molecule has 1 heterocycles. The van der Waals surface area contributed by atoms with Crippen LogP contribution in [0, 0.1) is 0 Å². The Kier molecular flexibility index (Phi) is 3.03. The maximum Gasteiger partial charge on any atom is 0.141 e. The third kappa shape index (κ3) is 2.32. The molecule has 0 spiro atoms. The van der Waals surface area contributed by atoms with Gasteiger partial charge in [-0.05, 0) is 18.2 Å². The van der Waals surface area contributed by atoms with Crippen molar-refractivity contribution in [2.24, 2.45) is 0 Å². The summed E-state index contributed by atoms with van der Waals surface area (Å²) in [5.41, 5.74) is 8.61. The molecule has 0 bridgehead atoms. The lowest BCUT2D eigenvalue weighted by atomic mass is 9.93. The van der Waals surface area contributed by atoms with Gasteiger partial charge in [-0.3, -0.25) is 0 Å². The number of nitrogens with two attached hydrogens (primary N) is 1. The monoisotopic (exact) mass is 245 g/mol. The Morgan fingerprint density at radius 2 is 2.00 bits per heavy atom. The fraction of sp³-hybridized carbons (Fsp3) is 0.357. The van der Waals surface area contributed by atoms with E-state index in [4.69, 9.17) is 10.5 Å². The Morgan fingerprint density at radius 1 is 1.28 bits per heavy atom. The predicted octanol–water partition coefficient (Wildman–Crippen LogP) is 2.76. The first-order valence-corrected chi connectivity index (χ1v) is 5.90. The molecule has 2 rings (SSSR count). The SMILES string of the molecule is COc1ccc(-n2cnc(C(C)(C)C)c2)cc1N. The zero-order chi connectivity index (χ0) is 13.3. The molecule has 0 saturated carbocycles. The van der Waals surface area contributed by atoms with Crippen molar-refractivity contribution in [3.63, 3.8) is 0 Å². The molecule has 1 aromatic heterocycles. The highest BCUT2D eigenvalue weighted by atomic mass is 16.5. The van der Waals surface area contributed by atoms with Crippen LogP contribution < -0.4 is 10.5 Å². The minimum absolute atomic E-state index is 0.0449. The van der Waals surface area contributed by atoms with Gasteiger partial charge in [0.1, 0.15) is 5.75 Å². The summed E-state index contributed by atoms with van der Waals surface area (Å²) in [6.07, 6.45) is 3.84. The maximum absolute atomic E-state index is 5.90. The zero-order valence-electron chi connectivity index (χ0n) is 11.3. The molecule has 4 nitrogen and oxygen atoms in total. The van der Waals surface area contributed by atoms with Gasteiger partial charge in [-0.1, -0.05) is 20.8 Å². The molecule has 0 saturated heterocycles. The number of benzene rings is 1. The second-order valence-corrected chi connectivity index (χ2v) is 5.34. The fourth-order valence-electron chi connectivity index (χ4n) is 1.73. The number of hydrogen-bond acceptors (Lipinski definition) is 3. The normalized spacial score (nSPS) is 11.6. The lowest BCUT2D eigenvalue weighted by Gasteiger charge is -2.14. The second-order valence-electron chi connectivity index (χ2n) is 5.34. The van der Waals surface area contributed by atoms with Gasteiger partial charge in [0.15, 0.2) is 0 Å². The Labute approximate surface area is 107 Å². The summed E-state index contributed by atoms with van der Waals surface area (Å²) in [6, 6.07) is 5.71. The number of hydrogen-bond donors (Lipinski definition) is 1. The first kappa shape index (κ1) is 12.5. The van der Waals surface area contributed by atoms with Crippen LogP contribution in [0.3, 0.4) is 0 Å². The minimum Gasteiger partial charge on any atom is -0.495 e. The molecular weight excluding hydrogens is 226 g/mol. The Bertz CT molecular complexity index is 552. The molecule has 0 radical (unpaired) electrons. The van der Waals surface area contributed by atoms with Gasteiger partial charge in [0, 0.05) is 17.3 Å². The fourth-order valence-corrected chi connectivity index (χ4v) is 1.73. The third-order valence-corrected chi connectivity index (χ3v) is 2.86. The molecule has 0 atom stereocenters. The van der Waals surface area contributed by atoms with Crippen LogP contribution in [0.15, 0.2) is 30.7 Å². The second kappa shape index (κ2) is 4.37. The van der Waals surface area contributed by atoms with Gasteiger partial charge in [0.05, 0.1) is 24.8 Å². The zero-order valence-corrected chi connectivity index (χ0v) is 11.3. The number of ether oxygens (including phenoxy) is 1. The number of nitrogens with zero attached hydrogens (tertiary/aromatic N) is 2. The summed E-state index contributed by atoms with van der Waals surface area (Å²) in [4.78, 5) is 4.43. The molecule has 0 amide bonds. The van der Waals surface area contributed by atoms with E-state index in [1.807, 2.05) is 35.3 Å². The third-order valence-electron chi connectivity index (χ3n) is 2.86. The average molecular weight is 245 g/mol. The van der Waals surface area contributed by atoms with Gasteiger partial charge in [-0.25, -0.2) is 4.98 Å². The number of aromatic nitrogens is 2. The summed E-state index contributed by atoms with van der Waals surface area (Å²) in [5, 5.41) is 0. The smallest absolute Gasteiger partial charge is 0.141 e. The highest BCUT2D eigenvalue weighted by Crippen LogP contribution is 2.25. The van der Waals surface area contributed by atoms with Crippen molar-refractivity contribution in [3.8, 4) is 11.4 Å². The molecule has 0 aliphatic heterocycles. The number of anilines is 1. The lowest BCUT2D eigenvalue weighted by molar-refractivity contribution is 0.417. The van der Waals surface area contributed by atoms with Crippen LogP contribution in [-0.4, -0.2) is 16.7 Å². The van der Waals surface area contributed by atoms with E-state index >= 15 is 0 Å². The van der Waals surface area contributed by atoms with Gasteiger partial charge in [0.2, 0.25) is 0 Å². The molecule has 0 unspecified atom stereocenters.